The number of imidazole rings is 1. The zero-order chi connectivity index (χ0) is 18.3. The second-order valence-electron chi connectivity index (χ2n) is 6.06. The SMILES string of the molecule is Cc1ccc(O)c(C(=O)c2cnn3c(=S)[nH]c(-c4ccccc4)c3c2)c1. The Kier molecular flexibility index (Phi) is 3.89. The van der Waals surface area contributed by atoms with Gasteiger partial charge in [0.15, 0.2) is 10.6 Å². The molecule has 0 bridgehead atoms. The van der Waals surface area contributed by atoms with Crippen molar-refractivity contribution in [3.63, 3.8) is 0 Å². The number of aromatic nitrogens is 3. The molecule has 4 aromatic rings. The van der Waals surface area contributed by atoms with Crippen molar-refractivity contribution in [3.8, 4) is 17.0 Å². The molecule has 4 rings (SSSR count). The number of phenolic OH excluding ortho intramolecular Hbond substituents is 1. The quantitative estimate of drug-likeness (QED) is 0.421. The van der Waals surface area contributed by atoms with Crippen molar-refractivity contribution in [1.29, 1.82) is 0 Å². The largest absolute Gasteiger partial charge is 0.507 e. The normalized spacial score (nSPS) is 11.0. The van der Waals surface area contributed by atoms with Crippen LogP contribution in [-0.2, 0) is 0 Å². The van der Waals surface area contributed by atoms with Crippen molar-refractivity contribution in [2.45, 2.75) is 6.92 Å². The average Bonchev–Trinajstić information content (AvgIpc) is 3.00. The summed E-state index contributed by atoms with van der Waals surface area (Å²) in [7, 11) is 0. The maximum Gasteiger partial charge on any atom is 0.199 e. The number of phenols is 1. The van der Waals surface area contributed by atoms with E-state index in [1.807, 2.05) is 37.3 Å². The van der Waals surface area contributed by atoms with Crippen molar-refractivity contribution in [1.82, 2.24) is 14.6 Å². The Labute approximate surface area is 154 Å². The molecule has 0 aliphatic heterocycles. The molecule has 2 aromatic carbocycles. The lowest BCUT2D eigenvalue weighted by Gasteiger charge is -2.06. The third kappa shape index (κ3) is 2.70. The first-order valence-corrected chi connectivity index (χ1v) is 8.46. The number of hydrogen-bond donors (Lipinski definition) is 2. The number of aryl methyl sites for hydroxylation is 1. The van der Waals surface area contributed by atoms with E-state index in [4.69, 9.17) is 12.2 Å². The molecule has 0 saturated heterocycles. The van der Waals surface area contributed by atoms with Gasteiger partial charge in [-0.05, 0) is 37.3 Å². The Morgan fingerprint density at radius 2 is 1.92 bits per heavy atom. The predicted octanol–water partition coefficient (Wildman–Crippen LogP) is 4.30. The maximum atomic E-state index is 12.9. The Morgan fingerprint density at radius 3 is 2.69 bits per heavy atom. The van der Waals surface area contributed by atoms with Gasteiger partial charge in [-0.25, -0.2) is 4.52 Å². The van der Waals surface area contributed by atoms with Crippen molar-refractivity contribution in [2.75, 3.05) is 0 Å². The van der Waals surface area contributed by atoms with Gasteiger partial charge in [0.25, 0.3) is 0 Å². The van der Waals surface area contributed by atoms with Crippen LogP contribution < -0.4 is 0 Å². The fraction of sp³-hybridized carbons (Fsp3) is 0.0500. The summed E-state index contributed by atoms with van der Waals surface area (Å²) >= 11 is 5.33. The number of fused-ring (bicyclic) bond motifs is 1. The summed E-state index contributed by atoms with van der Waals surface area (Å²) in [5.74, 6) is -0.331. The van der Waals surface area contributed by atoms with Gasteiger partial charge in [0.2, 0.25) is 0 Å². The molecular weight excluding hydrogens is 346 g/mol. The van der Waals surface area contributed by atoms with Crippen LogP contribution in [0.4, 0.5) is 0 Å². The number of ketones is 1. The number of benzene rings is 2. The van der Waals surface area contributed by atoms with E-state index >= 15 is 0 Å². The van der Waals surface area contributed by atoms with Crippen LogP contribution in [0.15, 0.2) is 60.8 Å². The minimum absolute atomic E-state index is 0.0466. The lowest BCUT2D eigenvalue weighted by Crippen LogP contribution is -2.05. The highest BCUT2D eigenvalue weighted by Gasteiger charge is 2.17. The monoisotopic (exact) mass is 361 g/mol. The third-order valence-electron chi connectivity index (χ3n) is 4.23. The molecular formula is C20H15N3O2S. The Morgan fingerprint density at radius 1 is 1.15 bits per heavy atom. The molecule has 0 amide bonds. The minimum atomic E-state index is -0.285. The van der Waals surface area contributed by atoms with Gasteiger partial charge in [0.1, 0.15) is 5.75 Å². The van der Waals surface area contributed by atoms with Crippen LogP contribution in [0.2, 0.25) is 0 Å². The summed E-state index contributed by atoms with van der Waals surface area (Å²) < 4.78 is 2.04. The summed E-state index contributed by atoms with van der Waals surface area (Å²) in [6.45, 7) is 1.87. The molecule has 0 aliphatic rings. The third-order valence-corrected chi connectivity index (χ3v) is 4.51. The number of aromatic hydroxyl groups is 1. The molecule has 0 aliphatic carbocycles. The zero-order valence-electron chi connectivity index (χ0n) is 13.9. The average molecular weight is 361 g/mol. The number of H-pyrrole nitrogens is 1. The molecule has 26 heavy (non-hydrogen) atoms. The van der Waals surface area contributed by atoms with Crippen molar-refractivity contribution < 1.29 is 9.90 Å². The van der Waals surface area contributed by atoms with Gasteiger partial charge in [0, 0.05) is 11.1 Å². The van der Waals surface area contributed by atoms with Gasteiger partial charge in [-0.2, -0.15) is 5.10 Å². The lowest BCUT2D eigenvalue weighted by molar-refractivity contribution is 0.103. The van der Waals surface area contributed by atoms with Crippen LogP contribution in [0.1, 0.15) is 21.5 Å². The van der Waals surface area contributed by atoms with E-state index in [9.17, 15) is 9.90 Å². The van der Waals surface area contributed by atoms with E-state index in [2.05, 4.69) is 10.1 Å². The summed E-state index contributed by atoms with van der Waals surface area (Å²) in [6.07, 6.45) is 1.47. The zero-order valence-corrected chi connectivity index (χ0v) is 14.7. The molecule has 2 aromatic heterocycles. The molecule has 2 N–H and O–H groups in total. The number of hydrogen-bond acceptors (Lipinski definition) is 4. The summed E-state index contributed by atoms with van der Waals surface area (Å²) in [5.41, 5.74) is 3.99. The van der Waals surface area contributed by atoms with E-state index < -0.39 is 0 Å². The van der Waals surface area contributed by atoms with E-state index in [0.29, 0.717) is 15.9 Å². The van der Waals surface area contributed by atoms with E-state index in [1.54, 1.807) is 22.7 Å². The van der Waals surface area contributed by atoms with Gasteiger partial charge in [-0.1, -0.05) is 42.0 Å². The van der Waals surface area contributed by atoms with Crippen molar-refractivity contribution in [2.24, 2.45) is 0 Å². The number of aromatic amines is 1. The van der Waals surface area contributed by atoms with Crippen LogP contribution in [0.3, 0.4) is 0 Å². The first kappa shape index (κ1) is 16.2. The standard InChI is InChI=1S/C20H15N3O2S/c1-12-7-8-17(24)15(9-12)19(25)14-10-16-18(13-5-3-2-4-6-13)22-20(26)23(16)21-11-14/h2-11,24H,1H3,(H,22,26). The Balaban J connectivity index is 1.89. The van der Waals surface area contributed by atoms with Crippen LogP contribution in [-0.4, -0.2) is 25.5 Å². The van der Waals surface area contributed by atoms with Crippen molar-refractivity contribution in [3.05, 3.63) is 82.3 Å². The number of rotatable bonds is 3. The summed E-state index contributed by atoms with van der Waals surface area (Å²) in [4.78, 5) is 16.0. The smallest absolute Gasteiger partial charge is 0.199 e. The predicted molar refractivity (Wildman–Crippen MR) is 102 cm³/mol. The van der Waals surface area contributed by atoms with Gasteiger partial charge < -0.3 is 10.1 Å². The molecule has 0 radical (unpaired) electrons. The van der Waals surface area contributed by atoms with E-state index in [0.717, 1.165) is 16.8 Å². The van der Waals surface area contributed by atoms with Gasteiger partial charge >= 0.3 is 0 Å². The van der Waals surface area contributed by atoms with Crippen molar-refractivity contribution >= 4 is 23.5 Å². The van der Waals surface area contributed by atoms with Gasteiger partial charge in [-0.3, -0.25) is 4.79 Å². The maximum absolute atomic E-state index is 12.9. The van der Waals surface area contributed by atoms with Gasteiger partial charge in [0.05, 0.1) is 23.0 Å². The second kappa shape index (κ2) is 6.24. The number of nitrogens with zero attached hydrogens (tertiary/aromatic N) is 2. The molecule has 5 nitrogen and oxygen atoms in total. The molecule has 0 spiro atoms. The Bertz CT molecular complexity index is 1190. The van der Waals surface area contributed by atoms with Crippen LogP contribution >= 0.6 is 12.2 Å². The molecule has 0 saturated carbocycles. The molecule has 0 atom stereocenters. The molecule has 128 valence electrons. The van der Waals surface area contributed by atoms with Crippen LogP contribution in [0, 0.1) is 11.7 Å². The minimum Gasteiger partial charge on any atom is -0.507 e. The number of carbonyl (C=O) groups excluding carboxylic acids is 1. The summed E-state index contributed by atoms with van der Waals surface area (Å²) in [5, 5.41) is 14.4. The fourth-order valence-electron chi connectivity index (χ4n) is 2.93. The highest BCUT2D eigenvalue weighted by Crippen LogP contribution is 2.26. The molecule has 0 fully saturated rings. The first-order valence-electron chi connectivity index (χ1n) is 8.05. The molecule has 6 heteroatoms. The second-order valence-corrected chi connectivity index (χ2v) is 6.45. The summed E-state index contributed by atoms with van der Waals surface area (Å²) in [6, 6.07) is 16.4. The fourth-order valence-corrected chi connectivity index (χ4v) is 3.18. The number of carbonyl (C=O) groups is 1. The first-order chi connectivity index (χ1) is 12.5. The highest BCUT2D eigenvalue weighted by molar-refractivity contribution is 7.71. The topological polar surface area (TPSA) is 70.4 Å². The van der Waals surface area contributed by atoms with Crippen LogP contribution in [0.25, 0.3) is 16.8 Å². The Hall–Kier alpha value is -3.25. The van der Waals surface area contributed by atoms with E-state index in [1.165, 1.54) is 12.3 Å². The molecule has 0 unspecified atom stereocenters. The number of nitrogens with one attached hydrogen (secondary N) is 1. The highest BCUT2D eigenvalue weighted by atomic mass is 32.1. The van der Waals surface area contributed by atoms with E-state index in [-0.39, 0.29) is 17.1 Å². The lowest BCUT2D eigenvalue weighted by atomic mass is 10.0. The van der Waals surface area contributed by atoms with Gasteiger partial charge in [-0.15, -0.1) is 0 Å². The molecule has 2 heterocycles. The van der Waals surface area contributed by atoms with Crippen LogP contribution in [0.5, 0.6) is 5.75 Å².